The van der Waals surface area contributed by atoms with E-state index in [1.807, 2.05) is 0 Å². The van der Waals surface area contributed by atoms with Gasteiger partial charge in [-0.2, -0.15) is 0 Å². The molecule has 0 aliphatic heterocycles. The quantitative estimate of drug-likeness (QED) is 0.856. The van der Waals surface area contributed by atoms with Crippen LogP contribution in [0.15, 0.2) is 28.3 Å². The van der Waals surface area contributed by atoms with E-state index in [-0.39, 0.29) is 5.02 Å². The van der Waals surface area contributed by atoms with Gasteiger partial charge in [-0.15, -0.1) is 11.3 Å². The standard InChI is InChI=1S/C10H7BrClFN2S/c11-6-2-1-5(9(13)8(6)12)10(14)7-3-15-4-16-7/h1-4,10H,14H2. The highest BCUT2D eigenvalue weighted by Gasteiger charge is 2.18. The molecule has 84 valence electrons. The maximum Gasteiger partial charge on any atom is 0.148 e. The number of halogens is 3. The summed E-state index contributed by atoms with van der Waals surface area (Å²) in [7, 11) is 0. The zero-order valence-electron chi connectivity index (χ0n) is 7.95. The third-order valence-electron chi connectivity index (χ3n) is 2.16. The highest BCUT2D eigenvalue weighted by Crippen LogP contribution is 2.32. The molecule has 2 rings (SSSR count). The summed E-state index contributed by atoms with van der Waals surface area (Å²) in [6.07, 6.45) is 1.63. The van der Waals surface area contributed by atoms with E-state index in [0.29, 0.717) is 10.0 Å². The van der Waals surface area contributed by atoms with Crippen molar-refractivity contribution in [3.8, 4) is 0 Å². The van der Waals surface area contributed by atoms with Crippen LogP contribution in [0.3, 0.4) is 0 Å². The maximum absolute atomic E-state index is 13.8. The van der Waals surface area contributed by atoms with Gasteiger partial charge in [-0.05, 0) is 22.0 Å². The Hall–Kier alpha value is -0.490. The number of rotatable bonds is 2. The van der Waals surface area contributed by atoms with Gasteiger partial charge in [0, 0.05) is 21.1 Å². The van der Waals surface area contributed by atoms with E-state index in [0.717, 1.165) is 4.88 Å². The fourth-order valence-electron chi connectivity index (χ4n) is 1.31. The molecule has 0 aliphatic rings. The minimum absolute atomic E-state index is 0.0532. The number of hydrogen-bond acceptors (Lipinski definition) is 3. The topological polar surface area (TPSA) is 38.9 Å². The monoisotopic (exact) mass is 320 g/mol. The second-order valence-corrected chi connectivity index (χ2v) is 5.30. The van der Waals surface area contributed by atoms with Gasteiger partial charge in [0.1, 0.15) is 5.82 Å². The highest BCUT2D eigenvalue weighted by atomic mass is 79.9. The Morgan fingerprint density at radius 3 is 2.88 bits per heavy atom. The molecule has 1 atom stereocenters. The van der Waals surface area contributed by atoms with Crippen LogP contribution in [0.1, 0.15) is 16.5 Å². The summed E-state index contributed by atoms with van der Waals surface area (Å²) in [4.78, 5) is 4.72. The fourth-order valence-corrected chi connectivity index (χ4v) is 2.43. The van der Waals surface area contributed by atoms with E-state index in [4.69, 9.17) is 17.3 Å². The van der Waals surface area contributed by atoms with Crippen LogP contribution < -0.4 is 5.73 Å². The lowest BCUT2D eigenvalue weighted by atomic mass is 10.1. The molecule has 2 nitrogen and oxygen atoms in total. The number of aromatic nitrogens is 1. The van der Waals surface area contributed by atoms with E-state index in [1.165, 1.54) is 11.3 Å². The number of nitrogens with two attached hydrogens (primary N) is 1. The first-order valence-electron chi connectivity index (χ1n) is 4.38. The van der Waals surface area contributed by atoms with Gasteiger partial charge in [-0.25, -0.2) is 4.39 Å². The highest BCUT2D eigenvalue weighted by molar-refractivity contribution is 9.10. The van der Waals surface area contributed by atoms with Crippen LogP contribution in [-0.2, 0) is 0 Å². The molecule has 0 radical (unpaired) electrons. The average Bonchev–Trinajstić information content (AvgIpc) is 2.79. The summed E-state index contributed by atoms with van der Waals surface area (Å²) in [5.41, 5.74) is 7.97. The van der Waals surface area contributed by atoms with Crippen molar-refractivity contribution in [3.63, 3.8) is 0 Å². The Kier molecular flexibility index (Phi) is 3.59. The molecule has 2 aromatic rings. The first-order valence-corrected chi connectivity index (χ1v) is 6.43. The van der Waals surface area contributed by atoms with Crippen LogP contribution >= 0.6 is 38.9 Å². The molecule has 0 saturated heterocycles. The summed E-state index contributed by atoms with van der Waals surface area (Å²) >= 11 is 10.3. The zero-order chi connectivity index (χ0) is 11.7. The molecule has 1 heterocycles. The maximum atomic E-state index is 13.8. The lowest BCUT2D eigenvalue weighted by Crippen LogP contribution is -2.12. The summed E-state index contributed by atoms with van der Waals surface area (Å²) in [5, 5.41) is 0.0532. The van der Waals surface area contributed by atoms with Crippen LogP contribution in [-0.4, -0.2) is 4.98 Å². The average molecular weight is 322 g/mol. The first-order chi connectivity index (χ1) is 7.61. The van der Waals surface area contributed by atoms with E-state index in [2.05, 4.69) is 20.9 Å². The molecule has 0 fully saturated rings. The van der Waals surface area contributed by atoms with Crippen molar-refractivity contribution in [3.05, 3.63) is 49.6 Å². The van der Waals surface area contributed by atoms with Gasteiger partial charge < -0.3 is 5.73 Å². The van der Waals surface area contributed by atoms with Gasteiger partial charge >= 0.3 is 0 Å². The van der Waals surface area contributed by atoms with Crippen molar-refractivity contribution in [1.82, 2.24) is 4.98 Å². The molecule has 2 N–H and O–H groups in total. The van der Waals surface area contributed by atoms with Gasteiger partial charge in [0.2, 0.25) is 0 Å². The third-order valence-corrected chi connectivity index (χ3v) is 4.28. The summed E-state index contributed by atoms with van der Waals surface area (Å²) in [5.74, 6) is -0.489. The molecule has 1 unspecified atom stereocenters. The molecule has 6 heteroatoms. The minimum atomic E-state index is -0.530. The van der Waals surface area contributed by atoms with Crippen LogP contribution in [0.4, 0.5) is 4.39 Å². The first kappa shape index (κ1) is 12.0. The van der Waals surface area contributed by atoms with E-state index in [9.17, 15) is 4.39 Å². The Morgan fingerprint density at radius 2 is 2.25 bits per heavy atom. The number of nitrogens with zero attached hydrogens (tertiary/aromatic N) is 1. The molecule has 0 amide bonds. The fraction of sp³-hybridized carbons (Fsp3) is 0.100. The van der Waals surface area contributed by atoms with Crippen molar-refractivity contribution in [2.75, 3.05) is 0 Å². The summed E-state index contributed by atoms with van der Waals surface area (Å²) in [6, 6.07) is 2.77. The predicted octanol–water partition coefficient (Wildman–Crippen LogP) is 3.75. The Labute approximate surface area is 109 Å². The Balaban J connectivity index is 2.45. The van der Waals surface area contributed by atoms with Crippen LogP contribution in [0, 0.1) is 5.82 Å². The largest absolute Gasteiger partial charge is 0.319 e. The second kappa shape index (κ2) is 4.79. The Morgan fingerprint density at radius 1 is 1.50 bits per heavy atom. The minimum Gasteiger partial charge on any atom is -0.319 e. The van der Waals surface area contributed by atoms with E-state index >= 15 is 0 Å². The van der Waals surface area contributed by atoms with Crippen molar-refractivity contribution in [2.24, 2.45) is 5.73 Å². The van der Waals surface area contributed by atoms with Crippen molar-refractivity contribution in [1.29, 1.82) is 0 Å². The van der Waals surface area contributed by atoms with Crippen LogP contribution in [0.5, 0.6) is 0 Å². The second-order valence-electron chi connectivity index (χ2n) is 3.15. The van der Waals surface area contributed by atoms with Gasteiger partial charge in [0.25, 0.3) is 0 Å². The number of hydrogen-bond donors (Lipinski definition) is 1. The molecule has 0 spiro atoms. The lowest BCUT2D eigenvalue weighted by molar-refractivity contribution is 0.600. The van der Waals surface area contributed by atoms with Crippen molar-refractivity contribution < 1.29 is 4.39 Å². The van der Waals surface area contributed by atoms with Gasteiger partial charge in [0.05, 0.1) is 16.6 Å². The van der Waals surface area contributed by atoms with E-state index < -0.39 is 11.9 Å². The number of benzene rings is 1. The normalized spacial score (nSPS) is 12.8. The van der Waals surface area contributed by atoms with E-state index in [1.54, 1.807) is 23.8 Å². The molecule has 0 bridgehead atoms. The molecule has 1 aromatic carbocycles. The zero-order valence-corrected chi connectivity index (χ0v) is 11.1. The van der Waals surface area contributed by atoms with Gasteiger partial charge in [-0.3, -0.25) is 4.98 Å². The Bertz CT molecular complexity index is 504. The summed E-state index contributed by atoms with van der Waals surface area (Å²) < 4.78 is 14.4. The molecule has 1 aromatic heterocycles. The predicted molar refractivity (Wildman–Crippen MR) is 67.3 cm³/mol. The van der Waals surface area contributed by atoms with Gasteiger partial charge in [-0.1, -0.05) is 17.7 Å². The third kappa shape index (κ3) is 2.13. The smallest absolute Gasteiger partial charge is 0.148 e. The van der Waals surface area contributed by atoms with Crippen molar-refractivity contribution in [2.45, 2.75) is 6.04 Å². The molecule has 0 saturated carbocycles. The molecular formula is C10H7BrClFN2S. The molecule has 0 aliphatic carbocycles. The molecular weight excluding hydrogens is 315 g/mol. The van der Waals surface area contributed by atoms with Gasteiger partial charge in [0.15, 0.2) is 0 Å². The lowest BCUT2D eigenvalue weighted by Gasteiger charge is -2.12. The molecule has 16 heavy (non-hydrogen) atoms. The SMILES string of the molecule is NC(c1cncs1)c1ccc(Br)c(Cl)c1F. The van der Waals surface area contributed by atoms with Crippen LogP contribution in [0.25, 0.3) is 0 Å². The summed E-state index contributed by atoms with van der Waals surface area (Å²) in [6.45, 7) is 0. The van der Waals surface area contributed by atoms with Crippen LogP contribution in [0.2, 0.25) is 5.02 Å². The number of thiazole rings is 1. The van der Waals surface area contributed by atoms with Crippen molar-refractivity contribution >= 4 is 38.9 Å².